The molecular formula is C11H15NO5. The molecule has 1 saturated heterocycles. The van der Waals surface area contributed by atoms with E-state index in [-0.39, 0.29) is 12.5 Å². The number of likely N-dealkylation sites (tertiary alicyclic amines) is 1. The second kappa shape index (κ2) is 6.67. The lowest BCUT2D eigenvalue weighted by molar-refractivity contribution is -0.139. The fraction of sp³-hybridized carbons (Fsp3) is 0.545. The number of carbonyl (C=O) groups excluding carboxylic acids is 2. The van der Waals surface area contributed by atoms with E-state index in [9.17, 15) is 14.4 Å². The number of esters is 1. The summed E-state index contributed by atoms with van der Waals surface area (Å²) < 4.78 is 4.76. The van der Waals surface area contributed by atoms with Gasteiger partial charge in [0.15, 0.2) is 0 Å². The Labute approximate surface area is 98.8 Å². The zero-order valence-corrected chi connectivity index (χ0v) is 9.42. The van der Waals surface area contributed by atoms with E-state index in [2.05, 4.69) is 0 Å². The quantitative estimate of drug-likeness (QED) is 0.407. The van der Waals surface area contributed by atoms with Crippen molar-refractivity contribution >= 4 is 17.8 Å². The van der Waals surface area contributed by atoms with E-state index in [4.69, 9.17) is 9.84 Å². The third-order valence-corrected chi connectivity index (χ3v) is 2.35. The van der Waals surface area contributed by atoms with Gasteiger partial charge in [-0.05, 0) is 12.8 Å². The van der Waals surface area contributed by atoms with Gasteiger partial charge in [0.25, 0.3) is 0 Å². The maximum atomic E-state index is 11.2. The Balaban J connectivity index is 2.09. The van der Waals surface area contributed by atoms with Crippen molar-refractivity contribution in [2.45, 2.75) is 19.3 Å². The van der Waals surface area contributed by atoms with Crippen molar-refractivity contribution < 1.29 is 24.2 Å². The van der Waals surface area contributed by atoms with Crippen molar-refractivity contribution in [1.82, 2.24) is 4.90 Å². The maximum Gasteiger partial charge on any atom is 0.331 e. The van der Waals surface area contributed by atoms with Crippen LogP contribution in [0.1, 0.15) is 19.3 Å². The molecule has 0 spiro atoms. The van der Waals surface area contributed by atoms with Gasteiger partial charge in [0.1, 0.15) is 0 Å². The number of hydrogen-bond acceptors (Lipinski definition) is 4. The van der Waals surface area contributed by atoms with Gasteiger partial charge in [-0.15, -0.1) is 0 Å². The van der Waals surface area contributed by atoms with E-state index in [0.717, 1.165) is 25.1 Å². The highest BCUT2D eigenvalue weighted by molar-refractivity contribution is 5.90. The molecule has 0 aromatic heterocycles. The summed E-state index contributed by atoms with van der Waals surface area (Å²) in [6.45, 7) is 1.53. The molecule has 6 nitrogen and oxygen atoms in total. The first-order valence-corrected chi connectivity index (χ1v) is 5.45. The molecule has 1 amide bonds. The number of amides is 1. The molecule has 0 atom stereocenters. The average Bonchev–Trinajstić information content (AvgIpc) is 2.68. The summed E-state index contributed by atoms with van der Waals surface area (Å²) in [5, 5.41) is 8.27. The Hall–Kier alpha value is -1.85. The van der Waals surface area contributed by atoms with E-state index in [1.165, 1.54) is 0 Å². The fourth-order valence-electron chi connectivity index (χ4n) is 1.56. The summed E-state index contributed by atoms with van der Waals surface area (Å²) in [5.74, 6) is -1.73. The minimum absolute atomic E-state index is 0.141. The number of ether oxygens (including phenoxy) is 1. The Morgan fingerprint density at radius 3 is 2.76 bits per heavy atom. The first-order valence-electron chi connectivity index (χ1n) is 5.45. The molecule has 0 saturated carbocycles. The lowest BCUT2D eigenvalue weighted by atomic mass is 10.4. The molecule has 1 rings (SSSR count). The summed E-state index contributed by atoms with van der Waals surface area (Å²) in [6, 6.07) is 0. The van der Waals surface area contributed by atoms with Gasteiger partial charge in [0, 0.05) is 31.7 Å². The highest BCUT2D eigenvalue weighted by Gasteiger charge is 2.19. The van der Waals surface area contributed by atoms with Crippen molar-refractivity contribution in [2.24, 2.45) is 0 Å². The van der Waals surface area contributed by atoms with Crippen molar-refractivity contribution in [3.05, 3.63) is 12.2 Å². The van der Waals surface area contributed by atoms with Crippen LogP contribution < -0.4 is 0 Å². The van der Waals surface area contributed by atoms with Crippen LogP contribution in [-0.4, -0.2) is 47.5 Å². The lowest BCUT2D eigenvalue weighted by Gasteiger charge is -2.14. The van der Waals surface area contributed by atoms with E-state index in [0.29, 0.717) is 19.4 Å². The zero-order chi connectivity index (χ0) is 12.7. The van der Waals surface area contributed by atoms with Crippen LogP contribution in [0.5, 0.6) is 0 Å². The van der Waals surface area contributed by atoms with E-state index >= 15 is 0 Å². The van der Waals surface area contributed by atoms with E-state index in [1.807, 2.05) is 0 Å². The number of rotatable bonds is 6. The molecule has 6 heteroatoms. The highest BCUT2D eigenvalue weighted by Crippen LogP contribution is 2.09. The summed E-state index contributed by atoms with van der Waals surface area (Å²) >= 11 is 0. The van der Waals surface area contributed by atoms with Gasteiger partial charge in [-0.3, -0.25) is 4.79 Å². The van der Waals surface area contributed by atoms with Gasteiger partial charge in [0.2, 0.25) is 5.91 Å². The maximum absolute atomic E-state index is 11.2. The number of carboxylic acids is 1. The summed E-state index contributed by atoms with van der Waals surface area (Å²) in [7, 11) is 0. The monoisotopic (exact) mass is 241 g/mol. The Kier molecular flexibility index (Phi) is 5.19. The van der Waals surface area contributed by atoms with Crippen LogP contribution in [0.2, 0.25) is 0 Å². The smallest absolute Gasteiger partial charge is 0.331 e. The molecule has 0 aliphatic carbocycles. The van der Waals surface area contributed by atoms with Crippen molar-refractivity contribution in [2.75, 3.05) is 19.7 Å². The molecule has 0 bridgehead atoms. The standard InChI is InChI=1S/C11H15NO5/c13-9-3-1-6-12(9)7-2-8-17-11(16)5-4-10(14)15/h4-5H,1-3,6-8H2,(H,14,15). The van der Waals surface area contributed by atoms with Crippen LogP contribution in [0.15, 0.2) is 12.2 Å². The van der Waals surface area contributed by atoms with Crippen LogP contribution >= 0.6 is 0 Å². The summed E-state index contributed by atoms with van der Waals surface area (Å²) in [6.07, 6.45) is 3.65. The predicted molar refractivity (Wildman–Crippen MR) is 58.2 cm³/mol. The van der Waals surface area contributed by atoms with Gasteiger partial charge in [-0.1, -0.05) is 0 Å². The van der Waals surface area contributed by atoms with E-state index < -0.39 is 11.9 Å². The summed E-state index contributed by atoms with van der Waals surface area (Å²) in [4.78, 5) is 34.0. The van der Waals surface area contributed by atoms with Gasteiger partial charge >= 0.3 is 11.9 Å². The molecule has 1 fully saturated rings. The Morgan fingerprint density at radius 2 is 2.18 bits per heavy atom. The summed E-state index contributed by atoms with van der Waals surface area (Å²) in [5.41, 5.74) is 0. The van der Waals surface area contributed by atoms with Crippen LogP contribution in [0.25, 0.3) is 0 Å². The fourth-order valence-corrected chi connectivity index (χ4v) is 1.56. The van der Waals surface area contributed by atoms with Gasteiger partial charge in [-0.2, -0.15) is 0 Å². The molecule has 1 aliphatic heterocycles. The first-order chi connectivity index (χ1) is 8.09. The molecule has 0 radical (unpaired) electrons. The third kappa shape index (κ3) is 5.14. The van der Waals surface area contributed by atoms with Crippen LogP contribution in [0.3, 0.4) is 0 Å². The zero-order valence-electron chi connectivity index (χ0n) is 9.42. The Bertz CT molecular complexity index is 337. The number of hydrogen-bond donors (Lipinski definition) is 1. The SMILES string of the molecule is O=C(O)C=CC(=O)OCCCN1CCCC1=O. The molecule has 1 heterocycles. The van der Waals surface area contributed by atoms with Gasteiger partial charge in [0.05, 0.1) is 6.61 Å². The highest BCUT2D eigenvalue weighted by atomic mass is 16.5. The second-order valence-electron chi connectivity index (χ2n) is 3.68. The molecule has 94 valence electrons. The second-order valence-corrected chi connectivity index (χ2v) is 3.68. The molecular weight excluding hydrogens is 226 g/mol. The molecule has 1 N–H and O–H groups in total. The Morgan fingerprint density at radius 1 is 1.41 bits per heavy atom. The lowest BCUT2D eigenvalue weighted by Crippen LogP contribution is -2.26. The number of nitrogens with zero attached hydrogens (tertiary/aromatic N) is 1. The number of carboxylic acid groups (broad SMARTS) is 1. The molecule has 0 aromatic carbocycles. The van der Waals surface area contributed by atoms with Gasteiger partial charge < -0.3 is 14.7 Å². The minimum atomic E-state index is -1.19. The van der Waals surface area contributed by atoms with Crippen molar-refractivity contribution in [3.8, 4) is 0 Å². The molecule has 17 heavy (non-hydrogen) atoms. The molecule has 1 aliphatic rings. The van der Waals surface area contributed by atoms with Gasteiger partial charge in [-0.25, -0.2) is 9.59 Å². The largest absolute Gasteiger partial charge is 0.478 e. The molecule has 0 aromatic rings. The average molecular weight is 241 g/mol. The predicted octanol–water partition coefficient (Wildman–Crippen LogP) is 0.183. The molecule has 0 unspecified atom stereocenters. The van der Waals surface area contributed by atoms with Crippen LogP contribution in [-0.2, 0) is 19.1 Å². The topological polar surface area (TPSA) is 83.9 Å². The minimum Gasteiger partial charge on any atom is -0.478 e. The normalized spacial score (nSPS) is 15.5. The third-order valence-electron chi connectivity index (χ3n) is 2.35. The van der Waals surface area contributed by atoms with Crippen LogP contribution in [0, 0.1) is 0 Å². The first kappa shape index (κ1) is 13.2. The van der Waals surface area contributed by atoms with Crippen molar-refractivity contribution in [3.63, 3.8) is 0 Å². The van der Waals surface area contributed by atoms with Crippen molar-refractivity contribution in [1.29, 1.82) is 0 Å². The number of aliphatic carboxylic acids is 1. The van der Waals surface area contributed by atoms with Crippen LogP contribution in [0.4, 0.5) is 0 Å². The number of carbonyl (C=O) groups is 3. The van der Waals surface area contributed by atoms with E-state index in [1.54, 1.807) is 4.90 Å².